The van der Waals surface area contributed by atoms with Gasteiger partial charge in [-0.15, -0.1) is 0 Å². The highest BCUT2D eigenvalue weighted by atomic mass is 16.5. The zero-order valence-corrected chi connectivity index (χ0v) is 6.08. The van der Waals surface area contributed by atoms with E-state index in [-0.39, 0.29) is 6.10 Å². The molecule has 1 aliphatic rings. The van der Waals surface area contributed by atoms with Crippen molar-refractivity contribution in [2.24, 2.45) is 0 Å². The van der Waals surface area contributed by atoms with Gasteiger partial charge in [-0.2, -0.15) is 0 Å². The molecule has 1 unspecified atom stereocenters. The van der Waals surface area contributed by atoms with Crippen LogP contribution in [0.25, 0.3) is 0 Å². The van der Waals surface area contributed by atoms with E-state index in [4.69, 9.17) is 4.74 Å². The first kappa shape index (κ1) is 7.51. The van der Waals surface area contributed by atoms with Gasteiger partial charge in [0, 0.05) is 7.11 Å². The summed E-state index contributed by atoms with van der Waals surface area (Å²) in [5.74, 6) is 0. The zero-order chi connectivity index (χ0) is 7.40. The molecule has 0 fully saturated rings. The van der Waals surface area contributed by atoms with Crippen LogP contribution in [-0.2, 0) is 4.74 Å². The fourth-order valence-electron chi connectivity index (χ4n) is 0.973. The first-order chi connectivity index (χ1) is 4.84. The number of methoxy groups -OCH3 is 1. The zero-order valence-electron chi connectivity index (χ0n) is 6.08. The van der Waals surface area contributed by atoms with Gasteiger partial charge in [-0.25, -0.2) is 0 Å². The second-order valence-corrected chi connectivity index (χ2v) is 2.35. The normalized spacial score (nSPS) is 24.6. The molecular weight excluding hydrogens is 128 g/mol. The van der Waals surface area contributed by atoms with Gasteiger partial charge in [-0.05, 0) is 12.0 Å². The SMILES string of the molecule is COCC1=CC=CCC1O. The molecule has 1 aliphatic carbocycles. The van der Waals surface area contributed by atoms with Crippen LogP contribution in [0, 0.1) is 0 Å². The number of aliphatic hydroxyl groups excluding tert-OH is 1. The van der Waals surface area contributed by atoms with Gasteiger partial charge in [-0.3, -0.25) is 0 Å². The van der Waals surface area contributed by atoms with Crippen LogP contribution < -0.4 is 0 Å². The molecule has 2 nitrogen and oxygen atoms in total. The molecule has 56 valence electrons. The second kappa shape index (κ2) is 3.54. The van der Waals surface area contributed by atoms with E-state index < -0.39 is 0 Å². The summed E-state index contributed by atoms with van der Waals surface area (Å²) in [5.41, 5.74) is 0.963. The third-order valence-electron chi connectivity index (χ3n) is 1.54. The van der Waals surface area contributed by atoms with Crippen molar-refractivity contribution in [2.75, 3.05) is 13.7 Å². The molecule has 1 N–H and O–H groups in total. The Balaban J connectivity index is 2.52. The maximum absolute atomic E-state index is 9.30. The van der Waals surface area contributed by atoms with E-state index in [1.54, 1.807) is 7.11 Å². The Morgan fingerprint density at radius 3 is 3.20 bits per heavy atom. The Kier molecular flexibility index (Phi) is 2.66. The van der Waals surface area contributed by atoms with Crippen LogP contribution in [0.3, 0.4) is 0 Å². The Bertz CT molecular complexity index is 159. The number of hydrogen-bond donors (Lipinski definition) is 1. The summed E-state index contributed by atoms with van der Waals surface area (Å²) in [7, 11) is 1.63. The lowest BCUT2D eigenvalue weighted by atomic mass is 10.0. The molecule has 0 saturated heterocycles. The molecule has 0 radical (unpaired) electrons. The number of allylic oxidation sites excluding steroid dienone is 2. The Morgan fingerprint density at radius 2 is 2.60 bits per heavy atom. The van der Waals surface area contributed by atoms with Crippen molar-refractivity contribution in [1.82, 2.24) is 0 Å². The lowest BCUT2D eigenvalue weighted by Crippen LogP contribution is -2.15. The highest BCUT2D eigenvalue weighted by Crippen LogP contribution is 2.12. The van der Waals surface area contributed by atoms with Gasteiger partial charge in [0.05, 0.1) is 12.7 Å². The van der Waals surface area contributed by atoms with Crippen molar-refractivity contribution in [1.29, 1.82) is 0 Å². The summed E-state index contributed by atoms with van der Waals surface area (Å²) < 4.78 is 4.89. The maximum Gasteiger partial charge on any atom is 0.0809 e. The highest BCUT2D eigenvalue weighted by molar-refractivity contribution is 5.22. The fraction of sp³-hybridized carbons (Fsp3) is 0.500. The van der Waals surface area contributed by atoms with Crippen molar-refractivity contribution in [2.45, 2.75) is 12.5 Å². The van der Waals surface area contributed by atoms with Crippen LogP contribution in [0.5, 0.6) is 0 Å². The maximum atomic E-state index is 9.30. The Morgan fingerprint density at radius 1 is 1.80 bits per heavy atom. The number of hydrogen-bond acceptors (Lipinski definition) is 2. The quantitative estimate of drug-likeness (QED) is 0.617. The van der Waals surface area contributed by atoms with E-state index in [2.05, 4.69) is 0 Å². The van der Waals surface area contributed by atoms with Crippen molar-refractivity contribution < 1.29 is 9.84 Å². The lowest BCUT2D eigenvalue weighted by Gasteiger charge is -2.14. The standard InChI is InChI=1S/C8H12O2/c1-10-6-7-4-2-3-5-8(7)9/h2-4,8-9H,5-6H2,1H3. The van der Waals surface area contributed by atoms with Crippen molar-refractivity contribution >= 4 is 0 Å². The summed E-state index contributed by atoms with van der Waals surface area (Å²) in [6.45, 7) is 0.533. The smallest absolute Gasteiger partial charge is 0.0809 e. The molecule has 0 bridgehead atoms. The monoisotopic (exact) mass is 140 g/mol. The molecule has 0 aromatic heterocycles. The van der Waals surface area contributed by atoms with Crippen LogP contribution in [0.4, 0.5) is 0 Å². The Labute approximate surface area is 60.8 Å². The van der Waals surface area contributed by atoms with Crippen LogP contribution in [0.2, 0.25) is 0 Å². The molecular formula is C8H12O2. The molecule has 0 heterocycles. The van der Waals surface area contributed by atoms with Gasteiger partial charge < -0.3 is 9.84 Å². The summed E-state index contributed by atoms with van der Waals surface area (Å²) >= 11 is 0. The molecule has 10 heavy (non-hydrogen) atoms. The second-order valence-electron chi connectivity index (χ2n) is 2.35. The predicted molar refractivity (Wildman–Crippen MR) is 39.7 cm³/mol. The van der Waals surface area contributed by atoms with Crippen LogP contribution in [0.1, 0.15) is 6.42 Å². The van der Waals surface area contributed by atoms with E-state index in [1.807, 2.05) is 18.2 Å². The molecule has 0 aromatic carbocycles. The van der Waals surface area contributed by atoms with Crippen LogP contribution in [-0.4, -0.2) is 24.9 Å². The van der Waals surface area contributed by atoms with Crippen molar-refractivity contribution in [3.05, 3.63) is 23.8 Å². The Hall–Kier alpha value is -0.600. The summed E-state index contributed by atoms with van der Waals surface area (Å²) in [4.78, 5) is 0. The third-order valence-corrected chi connectivity index (χ3v) is 1.54. The molecule has 0 aromatic rings. The summed E-state index contributed by atoms with van der Waals surface area (Å²) in [6, 6.07) is 0. The number of rotatable bonds is 2. The minimum Gasteiger partial charge on any atom is -0.388 e. The van der Waals surface area contributed by atoms with E-state index in [0.29, 0.717) is 6.61 Å². The number of aliphatic hydroxyl groups is 1. The molecule has 0 saturated carbocycles. The van der Waals surface area contributed by atoms with Gasteiger partial charge >= 0.3 is 0 Å². The van der Waals surface area contributed by atoms with Crippen molar-refractivity contribution in [3.8, 4) is 0 Å². The van der Waals surface area contributed by atoms with Crippen LogP contribution >= 0.6 is 0 Å². The van der Waals surface area contributed by atoms with E-state index >= 15 is 0 Å². The molecule has 2 heteroatoms. The van der Waals surface area contributed by atoms with Crippen molar-refractivity contribution in [3.63, 3.8) is 0 Å². The van der Waals surface area contributed by atoms with Gasteiger partial charge in [-0.1, -0.05) is 18.2 Å². The van der Waals surface area contributed by atoms with Gasteiger partial charge in [0.25, 0.3) is 0 Å². The average Bonchev–Trinajstić information content (AvgIpc) is 1.94. The number of ether oxygens (including phenoxy) is 1. The van der Waals surface area contributed by atoms with Gasteiger partial charge in [0.15, 0.2) is 0 Å². The van der Waals surface area contributed by atoms with E-state index in [1.165, 1.54) is 0 Å². The van der Waals surface area contributed by atoms with Gasteiger partial charge in [0.2, 0.25) is 0 Å². The minimum atomic E-state index is -0.329. The molecule has 0 spiro atoms. The largest absolute Gasteiger partial charge is 0.388 e. The molecule has 0 aliphatic heterocycles. The summed E-state index contributed by atoms with van der Waals surface area (Å²) in [5, 5.41) is 9.30. The average molecular weight is 140 g/mol. The topological polar surface area (TPSA) is 29.5 Å². The highest BCUT2D eigenvalue weighted by Gasteiger charge is 2.09. The minimum absolute atomic E-state index is 0.329. The van der Waals surface area contributed by atoms with E-state index in [0.717, 1.165) is 12.0 Å². The first-order valence-corrected chi connectivity index (χ1v) is 3.37. The third kappa shape index (κ3) is 1.69. The fourth-order valence-corrected chi connectivity index (χ4v) is 0.973. The molecule has 0 amide bonds. The summed E-state index contributed by atoms with van der Waals surface area (Å²) in [6.07, 6.45) is 6.18. The van der Waals surface area contributed by atoms with E-state index in [9.17, 15) is 5.11 Å². The lowest BCUT2D eigenvalue weighted by molar-refractivity contribution is 0.164. The molecule has 1 atom stereocenters. The van der Waals surface area contributed by atoms with Crippen LogP contribution in [0.15, 0.2) is 23.8 Å². The predicted octanol–water partition coefficient (Wildman–Crippen LogP) is 0.880. The van der Waals surface area contributed by atoms with Gasteiger partial charge in [0.1, 0.15) is 0 Å². The first-order valence-electron chi connectivity index (χ1n) is 3.37. The molecule has 1 rings (SSSR count).